The molecule has 12 heavy (non-hydrogen) atoms. The van der Waals surface area contributed by atoms with Crippen molar-refractivity contribution in [2.24, 2.45) is 0 Å². The third-order valence-electron chi connectivity index (χ3n) is 1.41. The summed E-state index contributed by atoms with van der Waals surface area (Å²) >= 11 is 1.55. The Morgan fingerprint density at radius 1 is 1.58 bits per heavy atom. The zero-order valence-corrected chi connectivity index (χ0v) is 7.80. The molecule has 0 aliphatic carbocycles. The molecule has 1 rings (SSSR count). The number of thioether (sulfide) groups is 1. The number of carbonyl (C=O) groups is 1. The van der Waals surface area contributed by atoms with E-state index >= 15 is 0 Å². The highest BCUT2D eigenvalue weighted by atomic mass is 32.2. The van der Waals surface area contributed by atoms with Crippen molar-refractivity contribution in [3.63, 3.8) is 0 Å². The molecule has 0 fully saturated rings. The Bertz CT molecular complexity index is 248. The number of ketones is 1. The fourth-order valence-electron chi connectivity index (χ4n) is 0.917. The number of hydrogen-bond acceptors (Lipinski definition) is 3. The lowest BCUT2D eigenvalue weighted by molar-refractivity contribution is -0.116. The van der Waals surface area contributed by atoms with Gasteiger partial charge in [-0.3, -0.25) is 9.78 Å². The van der Waals surface area contributed by atoms with Crippen LogP contribution in [0.25, 0.3) is 0 Å². The fourth-order valence-corrected chi connectivity index (χ4v) is 1.34. The summed E-state index contributed by atoms with van der Waals surface area (Å²) in [6.45, 7) is 0. The topological polar surface area (TPSA) is 30.0 Å². The average Bonchev–Trinajstić information content (AvgIpc) is 2.06. The molecule has 1 aromatic rings. The van der Waals surface area contributed by atoms with Gasteiger partial charge in [-0.1, -0.05) is 6.07 Å². The first-order valence-electron chi connectivity index (χ1n) is 3.73. The van der Waals surface area contributed by atoms with Crippen LogP contribution in [-0.4, -0.2) is 22.8 Å². The molecule has 1 aromatic heterocycles. The molecule has 64 valence electrons. The first-order chi connectivity index (χ1) is 5.83. The standard InChI is InChI=1S/C9H11NOS/c1-12-7-9(11)6-8-4-2-3-5-10-8/h2-5H,6-7H2,1H3. The van der Waals surface area contributed by atoms with Gasteiger partial charge in [-0.15, -0.1) is 0 Å². The van der Waals surface area contributed by atoms with Gasteiger partial charge in [-0.25, -0.2) is 0 Å². The normalized spacial score (nSPS) is 9.75. The van der Waals surface area contributed by atoms with Crippen molar-refractivity contribution in [3.05, 3.63) is 30.1 Å². The monoisotopic (exact) mass is 181 g/mol. The van der Waals surface area contributed by atoms with Gasteiger partial charge in [0.15, 0.2) is 0 Å². The Kier molecular flexibility index (Phi) is 3.80. The van der Waals surface area contributed by atoms with Crippen molar-refractivity contribution in [1.29, 1.82) is 0 Å². The maximum Gasteiger partial charge on any atom is 0.148 e. The van der Waals surface area contributed by atoms with Gasteiger partial charge in [0, 0.05) is 18.3 Å². The summed E-state index contributed by atoms with van der Waals surface area (Å²) in [4.78, 5) is 15.2. The lowest BCUT2D eigenvalue weighted by Crippen LogP contribution is -2.06. The van der Waals surface area contributed by atoms with E-state index in [0.29, 0.717) is 12.2 Å². The van der Waals surface area contributed by atoms with Gasteiger partial charge >= 0.3 is 0 Å². The van der Waals surface area contributed by atoms with Gasteiger partial charge in [-0.2, -0.15) is 11.8 Å². The van der Waals surface area contributed by atoms with Gasteiger partial charge in [-0.05, 0) is 18.4 Å². The van der Waals surface area contributed by atoms with Crippen LogP contribution >= 0.6 is 11.8 Å². The predicted molar refractivity (Wildman–Crippen MR) is 51.3 cm³/mol. The van der Waals surface area contributed by atoms with E-state index in [2.05, 4.69) is 4.98 Å². The first-order valence-corrected chi connectivity index (χ1v) is 5.13. The van der Waals surface area contributed by atoms with E-state index in [1.165, 1.54) is 0 Å². The Hall–Kier alpha value is -0.830. The van der Waals surface area contributed by atoms with Crippen LogP contribution < -0.4 is 0 Å². The quantitative estimate of drug-likeness (QED) is 0.706. The summed E-state index contributed by atoms with van der Waals surface area (Å²) in [7, 11) is 0. The van der Waals surface area contributed by atoms with Gasteiger partial charge < -0.3 is 0 Å². The molecule has 0 amide bonds. The summed E-state index contributed by atoms with van der Waals surface area (Å²) in [5.41, 5.74) is 0.858. The number of hydrogen-bond donors (Lipinski definition) is 0. The summed E-state index contributed by atoms with van der Waals surface area (Å²) in [5.74, 6) is 0.817. The molecule has 0 aliphatic heterocycles. The van der Waals surface area contributed by atoms with Gasteiger partial charge in [0.05, 0.1) is 5.75 Å². The summed E-state index contributed by atoms with van der Waals surface area (Å²) < 4.78 is 0. The van der Waals surface area contributed by atoms with E-state index in [4.69, 9.17) is 0 Å². The maximum atomic E-state index is 11.2. The summed E-state index contributed by atoms with van der Waals surface area (Å²) in [5, 5.41) is 0. The molecule has 0 N–H and O–H groups in total. The fraction of sp³-hybridized carbons (Fsp3) is 0.333. The number of aromatic nitrogens is 1. The molecule has 0 unspecified atom stereocenters. The Morgan fingerprint density at radius 2 is 2.42 bits per heavy atom. The van der Waals surface area contributed by atoms with E-state index in [1.807, 2.05) is 24.5 Å². The third kappa shape index (κ3) is 3.05. The SMILES string of the molecule is CSCC(=O)Cc1ccccn1. The van der Waals surface area contributed by atoms with E-state index in [1.54, 1.807) is 18.0 Å². The smallest absolute Gasteiger partial charge is 0.148 e. The number of pyridine rings is 1. The highest BCUT2D eigenvalue weighted by molar-refractivity contribution is 7.99. The first kappa shape index (κ1) is 9.26. The van der Waals surface area contributed by atoms with E-state index in [9.17, 15) is 4.79 Å². The Morgan fingerprint density at radius 3 is 3.00 bits per heavy atom. The molecule has 1 heterocycles. The molecule has 0 saturated carbocycles. The zero-order valence-electron chi connectivity index (χ0n) is 6.99. The molecule has 0 saturated heterocycles. The molecule has 0 aliphatic rings. The lowest BCUT2D eigenvalue weighted by atomic mass is 10.2. The highest BCUT2D eigenvalue weighted by Crippen LogP contribution is 1.99. The van der Waals surface area contributed by atoms with Crippen molar-refractivity contribution in [1.82, 2.24) is 4.98 Å². The van der Waals surface area contributed by atoms with Gasteiger partial charge in [0.2, 0.25) is 0 Å². The van der Waals surface area contributed by atoms with Crippen LogP contribution in [0.1, 0.15) is 5.69 Å². The van der Waals surface area contributed by atoms with E-state index in [-0.39, 0.29) is 5.78 Å². The van der Waals surface area contributed by atoms with Crippen LogP contribution in [0, 0.1) is 0 Å². The number of Topliss-reactive ketones (excluding diaryl/α,β-unsaturated/α-hetero) is 1. The van der Waals surface area contributed by atoms with E-state index < -0.39 is 0 Å². The summed E-state index contributed by atoms with van der Waals surface area (Å²) in [6.07, 6.45) is 4.10. The zero-order chi connectivity index (χ0) is 8.81. The molecule has 0 bridgehead atoms. The Labute approximate surface area is 76.4 Å². The van der Waals surface area contributed by atoms with Crippen molar-refractivity contribution in [2.45, 2.75) is 6.42 Å². The second-order valence-corrected chi connectivity index (χ2v) is 3.34. The van der Waals surface area contributed by atoms with Crippen LogP contribution in [0.5, 0.6) is 0 Å². The molecule has 3 heteroatoms. The minimum Gasteiger partial charge on any atom is -0.298 e. The second-order valence-electron chi connectivity index (χ2n) is 2.47. The van der Waals surface area contributed by atoms with Crippen LogP contribution in [-0.2, 0) is 11.2 Å². The molecule has 2 nitrogen and oxygen atoms in total. The molecule has 0 spiro atoms. The van der Waals surface area contributed by atoms with Crippen LogP contribution in [0.2, 0.25) is 0 Å². The molecular weight excluding hydrogens is 170 g/mol. The molecule has 0 atom stereocenters. The maximum absolute atomic E-state index is 11.2. The van der Waals surface area contributed by atoms with Crippen LogP contribution in [0.15, 0.2) is 24.4 Å². The lowest BCUT2D eigenvalue weighted by Gasteiger charge is -1.97. The van der Waals surface area contributed by atoms with Crippen molar-refractivity contribution >= 4 is 17.5 Å². The predicted octanol–water partition coefficient (Wildman–Crippen LogP) is 1.56. The van der Waals surface area contributed by atoms with Crippen LogP contribution in [0.4, 0.5) is 0 Å². The largest absolute Gasteiger partial charge is 0.298 e. The number of rotatable bonds is 4. The minimum atomic E-state index is 0.237. The third-order valence-corrected chi connectivity index (χ3v) is 2.02. The average molecular weight is 181 g/mol. The van der Waals surface area contributed by atoms with Crippen LogP contribution in [0.3, 0.4) is 0 Å². The summed E-state index contributed by atoms with van der Waals surface area (Å²) in [6, 6.07) is 5.62. The molecule has 0 aromatic carbocycles. The van der Waals surface area contributed by atoms with Gasteiger partial charge in [0.25, 0.3) is 0 Å². The number of nitrogens with zero attached hydrogens (tertiary/aromatic N) is 1. The van der Waals surface area contributed by atoms with Gasteiger partial charge in [0.1, 0.15) is 5.78 Å². The molecular formula is C9H11NOS. The molecule has 0 radical (unpaired) electrons. The van der Waals surface area contributed by atoms with E-state index in [0.717, 1.165) is 5.69 Å². The Balaban J connectivity index is 2.47. The van der Waals surface area contributed by atoms with Crippen molar-refractivity contribution in [3.8, 4) is 0 Å². The number of carbonyl (C=O) groups excluding carboxylic acids is 1. The van der Waals surface area contributed by atoms with Crippen molar-refractivity contribution in [2.75, 3.05) is 12.0 Å². The van der Waals surface area contributed by atoms with Crippen molar-refractivity contribution < 1.29 is 4.79 Å². The highest BCUT2D eigenvalue weighted by Gasteiger charge is 2.02. The minimum absolute atomic E-state index is 0.237. The second kappa shape index (κ2) is 4.93.